The summed E-state index contributed by atoms with van der Waals surface area (Å²) in [5.74, 6) is -1.10. The number of esters is 1. The molecule has 0 saturated carbocycles. The Hall–Kier alpha value is -3.52. The van der Waals surface area contributed by atoms with Gasteiger partial charge in [-0.2, -0.15) is 0 Å². The molecule has 1 N–H and O–H groups in total. The van der Waals surface area contributed by atoms with Gasteiger partial charge in [0.2, 0.25) is 0 Å². The van der Waals surface area contributed by atoms with Crippen molar-refractivity contribution in [1.29, 1.82) is 0 Å². The first-order chi connectivity index (χ1) is 16.4. The third kappa shape index (κ3) is 4.59. The number of hydrogen-bond acceptors (Lipinski definition) is 6. The van der Waals surface area contributed by atoms with Gasteiger partial charge in [-0.3, -0.25) is 4.79 Å². The number of aromatic nitrogens is 1. The molecule has 7 nitrogen and oxygen atoms in total. The number of rotatable bonds is 5. The number of carbonyl (C=O) groups excluding carboxylic acids is 2. The van der Waals surface area contributed by atoms with Crippen LogP contribution in [0.5, 0.6) is 0 Å². The van der Waals surface area contributed by atoms with Gasteiger partial charge in [0, 0.05) is 11.4 Å². The van der Waals surface area contributed by atoms with Crippen LogP contribution in [0.2, 0.25) is 0 Å². The predicted molar refractivity (Wildman–Crippen MR) is 130 cm³/mol. The van der Waals surface area contributed by atoms with Gasteiger partial charge in [0.05, 0.1) is 28.3 Å². The fraction of sp³-hybridized carbons (Fsp3) is 0.269. The molecule has 1 fully saturated rings. The van der Waals surface area contributed by atoms with E-state index in [9.17, 15) is 18.0 Å². The van der Waals surface area contributed by atoms with E-state index >= 15 is 0 Å². The molecule has 3 aromatic rings. The molecule has 5 rings (SSSR count). The first kappa shape index (κ1) is 22.3. The maximum Gasteiger partial charge on any atom is 0.339 e. The number of allylic oxidation sites excluding steroid dienone is 1. The zero-order chi connectivity index (χ0) is 23.7. The summed E-state index contributed by atoms with van der Waals surface area (Å²) in [6.45, 7) is -0.465. The number of nitrogens with zero attached hydrogens (tertiary/aromatic N) is 1. The molecule has 0 radical (unpaired) electrons. The highest BCUT2D eigenvalue weighted by molar-refractivity contribution is 7.91. The van der Waals surface area contributed by atoms with Gasteiger partial charge >= 0.3 is 5.97 Å². The van der Waals surface area contributed by atoms with Gasteiger partial charge in [-0.05, 0) is 48.1 Å². The topological polar surface area (TPSA) is 102 Å². The van der Waals surface area contributed by atoms with E-state index < -0.39 is 34.4 Å². The highest BCUT2D eigenvalue weighted by Gasteiger charge is 2.30. The highest BCUT2D eigenvalue weighted by Crippen LogP contribution is 2.37. The Balaban J connectivity index is 1.40. The van der Waals surface area contributed by atoms with Crippen LogP contribution in [0.25, 0.3) is 22.6 Å². The lowest BCUT2D eigenvalue weighted by Crippen LogP contribution is -2.38. The van der Waals surface area contributed by atoms with Crippen LogP contribution >= 0.6 is 0 Å². The summed E-state index contributed by atoms with van der Waals surface area (Å²) >= 11 is 0. The van der Waals surface area contributed by atoms with Crippen LogP contribution in [0.15, 0.2) is 54.6 Å². The van der Waals surface area contributed by atoms with Crippen molar-refractivity contribution >= 4 is 44.3 Å². The van der Waals surface area contributed by atoms with Crippen molar-refractivity contribution in [3.05, 3.63) is 77.0 Å². The van der Waals surface area contributed by atoms with E-state index in [4.69, 9.17) is 9.72 Å². The van der Waals surface area contributed by atoms with Crippen LogP contribution < -0.4 is 5.32 Å². The average Bonchev–Trinajstić information content (AvgIpc) is 3.38. The molecule has 1 atom stereocenters. The number of carbonyl (C=O) groups is 2. The SMILES string of the molecule is O=C(COC(=O)c1c2c(nc3ccccc13)C(=Cc1ccccc1)CC2)NC1CCS(=O)(=O)C1. The Morgan fingerprint density at radius 3 is 2.59 bits per heavy atom. The first-order valence-electron chi connectivity index (χ1n) is 11.2. The van der Waals surface area contributed by atoms with Crippen LogP contribution in [-0.4, -0.2) is 49.4 Å². The molecule has 1 aliphatic heterocycles. The van der Waals surface area contributed by atoms with E-state index in [0.29, 0.717) is 29.3 Å². The largest absolute Gasteiger partial charge is 0.452 e. The number of nitrogens with one attached hydrogen (secondary N) is 1. The summed E-state index contributed by atoms with van der Waals surface area (Å²) in [7, 11) is -3.11. The van der Waals surface area contributed by atoms with Crippen LogP contribution in [0.3, 0.4) is 0 Å². The summed E-state index contributed by atoms with van der Waals surface area (Å²) in [6, 6.07) is 16.9. The maximum atomic E-state index is 13.2. The standard InChI is InChI=1S/C26H24N2O5S/c29-23(27-19-12-13-34(31,32)16-19)15-33-26(30)24-20-8-4-5-9-22(20)28-25-18(10-11-21(24)25)14-17-6-2-1-3-7-17/h1-9,14,19H,10-13,15-16H2,(H,27,29). The van der Waals surface area contributed by atoms with Crippen molar-refractivity contribution < 1.29 is 22.7 Å². The number of pyridine rings is 1. The lowest BCUT2D eigenvalue weighted by Gasteiger charge is -2.14. The van der Waals surface area contributed by atoms with Gasteiger partial charge in [-0.1, -0.05) is 48.5 Å². The smallest absolute Gasteiger partial charge is 0.339 e. The lowest BCUT2D eigenvalue weighted by molar-refractivity contribution is -0.124. The van der Waals surface area contributed by atoms with Gasteiger partial charge in [-0.15, -0.1) is 0 Å². The fourth-order valence-electron chi connectivity index (χ4n) is 4.64. The summed E-state index contributed by atoms with van der Waals surface area (Å²) in [6.07, 6.45) is 3.87. The first-order valence-corrected chi connectivity index (χ1v) is 13.1. The number of benzene rings is 2. The van der Waals surface area contributed by atoms with Gasteiger partial charge in [0.15, 0.2) is 16.4 Å². The maximum absolute atomic E-state index is 13.2. The van der Waals surface area contributed by atoms with E-state index in [1.165, 1.54) is 0 Å². The Morgan fingerprint density at radius 2 is 1.82 bits per heavy atom. The highest BCUT2D eigenvalue weighted by atomic mass is 32.2. The molecule has 2 aliphatic rings. The Kier molecular flexibility index (Phi) is 5.91. The lowest BCUT2D eigenvalue weighted by atomic mass is 10.0. The zero-order valence-corrected chi connectivity index (χ0v) is 19.3. The van der Waals surface area contributed by atoms with Gasteiger partial charge in [-0.25, -0.2) is 18.2 Å². The summed E-state index contributed by atoms with van der Waals surface area (Å²) < 4.78 is 28.6. The molecule has 174 valence electrons. The molecule has 0 spiro atoms. The molecule has 8 heteroatoms. The van der Waals surface area contributed by atoms with Crippen molar-refractivity contribution in [1.82, 2.24) is 10.3 Å². The predicted octanol–water partition coefficient (Wildman–Crippen LogP) is 3.18. The molecular formula is C26H24N2O5S. The molecule has 34 heavy (non-hydrogen) atoms. The van der Waals surface area contributed by atoms with Gasteiger partial charge in [0.25, 0.3) is 5.91 Å². The van der Waals surface area contributed by atoms with Crippen LogP contribution in [0, 0.1) is 0 Å². The van der Waals surface area contributed by atoms with Crippen molar-refractivity contribution in [3.8, 4) is 0 Å². The van der Waals surface area contributed by atoms with E-state index in [2.05, 4.69) is 11.4 Å². The number of hydrogen-bond donors (Lipinski definition) is 1. The number of ether oxygens (including phenoxy) is 1. The Bertz CT molecular complexity index is 1410. The Labute approximate surface area is 197 Å². The van der Waals surface area contributed by atoms with Crippen molar-refractivity contribution in [2.24, 2.45) is 0 Å². The minimum atomic E-state index is -3.11. The minimum Gasteiger partial charge on any atom is -0.452 e. The molecule has 0 bridgehead atoms. The third-order valence-electron chi connectivity index (χ3n) is 6.22. The van der Waals surface area contributed by atoms with Crippen molar-refractivity contribution in [2.75, 3.05) is 18.1 Å². The molecule has 1 aromatic heterocycles. The van der Waals surface area contributed by atoms with E-state index in [1.54, 1.807) is 0 Å². The second kappa shape index (κ2) is 9.02. The van der Waals surface area contributed by atoms with Crippen LogP contribution in [0.1, 0.15) is 40.0 Å². The number of amides is 1. The molecular weight excluding hydrogens is 452 g/mol. The number of fused-ring (bicyclic) bond motifs is 2. The summed E-state index contributed by atoms with van der Waals surface area (Å²) in [4.78, 5) is 30.3. The third-order valence-corrected chi connectivity index (χ3v) is 7.99. The molecule has 2 aromatic carbocycles. The van der Waals surface area contributed by atoms with Crippen molar-refractivity contribution in [3.63, 3.8) is 0 Å². The van der Waals surface area contributed by atoms with Gasteiger partial charge in [0.1, 0.15) is 0 Å². The van der Waals surface area contributed by atoms with Crippen molar-refractivity contribution in [2.45, 2.75) is 25.3 Å². The minimum absolute atomic E-state index is 0.0612. The Morgan fingerprint density at radius 1 is 1.06 bits per heavy atom. The van der Waals surface area contributed by atoms with E-state index in [0.717, 1.165) is 28.8 Å². The molecule has 2 heterocycles. The van der Waals surface area contributed by atoms with Crippen LogP contribution in [-0.2, 0) is 25.8 Å². The molecule has 1 amide bonds. The second-order valence-electron chi connectivity index (χ2n) is 8.65. The number of para-hydroxylation sites is 1. The monoisotopic (exact) mass is 476 g/mol. The molecule has 1 unspecified atom stereocenters. The molecule has 1 aliphatic carbocycles. The van der Waals surface area contributed by atoms with Gasteiger partial charge < -0.3 is 10.1 Å². The second-order valence-corrected chi connectivity index (χ2v) is 10.9. The number of sulfone groups is 1. The summed E-state index contributed by atoms with van der Waals surface area (Å²) in [5, 5.41) is 3.34. The normalized spacial score (nSPS) is 19.8. The fourth-order valence-corrected chi connectivity index (χ4v) is 6.32. The average molecular weight is 477 g/mol. The summed E-state index contributed by atoms with van der Waals surface area (Å²) in [5.41, 5.74) is 4.86. The van der Waals surface area contributed by atoms with Crippen LogP contribution in [0.4, 0.5) is 0 Å². The molecule has 1 saturated heterocycles. The zero-order valence-electron chi connectivity index (χ0n) is 18.5. The van der Waals surface area contributed by atoms with E-state index in [1.807, 2.05) is 54.6 Å². The quantitative estimate of drug-likeness (QED) is 0.568. The van der Waals surface area contributed by atoms with E-state index in [-0.39, 0.29) is 11.5 Å².